The van der Waals surface area contributed by atoms with Crippen LogP contribution in [0.1, 0.15) is 27.8 Å². The van der Waals surface area contributed by atoms with Gasteiger partial charge in [-0.3, -0.25) is 4.90 Å². The van der Waals surface area contributed by atoms with Gasteiger partial charge in [0.25, 0.3) is 0 Å². The molecule has 0 radical (unpaired) electrons. The van der Waals surface area contributed by atoms with Crippen molar-refractivity contribution >= 4 is 11.3 Å². The van der Waals surface area contributed by atoms with Crippen molar-refractivity contribution < 1.29 is 4.74 Å². The fraction of sp³-hybridized carbons (Fsp3) is 0.692. The fourth-order valence-corrected chi connectivity index (χ4v) is 3.72. The average Bonchev–Trinajstić information content (AvgIpc) is 2.90. The van der Waals surface area contributed by atoms with Crippen molar-refractivity contribution in [3.63, 3.8) is 0 Å². The van der Waals surface area contributed by atoms with Crippen LogP contribution in [0, 0.1) is 13.8 Å². The zero-order valence-corrected chi connectivity index (χ0v) is 11.1. The summed E-state index contributed by atoms with van der Waals surface area (Å²) in [4.78, 5) is 5.67. The summed E-state index contributed by atoms with van der Waals surface area (Å²) < 4.78 is 5.48. The van der Waals surface area contributed by atoms with E-state index in [9.17, 15) is 0 Å². The minimum atomic E-state index is 0.163. The first kappa shape index (κ1) is 10.8. The molecule has 0 bridgehead atoms. The van der Waals surface area contributed by atoms with E-state index in [-0.39, 0.29) is 5.60 Å². The molecule has 1 aromatic heterocycles. The van der Waals surface area contributed by atoms with Gasteiger partial charge in [0.15, 0.2) is 0 Å². The number of aryl methyl sites for hydroxylation is 1. The average molecular weight is 237 g/mol. The standard InChI is InChI=1S/C13H19NOS/c1-9-10(2)16-12-4-5-14(6-11(9)12)7-13(3)8-15-13/h4-8H2,1-3H3/t13-/m0/s1. The lowest BCUT2D eigenvalue weighted by molar-refractivity contribution is 0.184. The topological polar surface area (TPSA) is 15.8 Å². The van der Waals surface area contributed by atoms with Crippen molar-refractivity contribution in [2.45, 2.75) is 39.3 Å². The van der Waals surface area contributed by atoms with E-state index in [0.29, 0.717) is 0 Å². The highest BCUT2D eigenvalue weighted by molar-refractivity contribution is 7.12. The van der Waals surface area contributed by atoms with Crippen LogP contribution >= 0.6 is 11.3 Å². The molecule has 3 heterocycles. The number of hydrogen-bond acceptors (Lipinski definition) is 3. The van der Waals surface area contributed by atoms with Crippen LogP contribution in [-0.2, 0) is 17.7 Å². The van der Waals surface area contributed by atoms with Crippen LogP contribution < -0.4 is 0 Å². The fourth-order valence-electron chi connectivity index (χ4n) is 2.54. The highest BCUT2D eigenvalue weighted by Gasteiger charge is 2.41. The number of thiophene rings is 1. The SMILES string of the molecule is Cc1sc2c(c1C)CN(C[C@@]1(C)CO1)CC2. The van der Waals surface area contributed by atoms with E-state index < -0.39 is 0 Å². The van der Waals surface area contributed by atoms with E-state index in [1.165, 1.54) is 23.4 Å². The largest absolute Gasteiger partial charge is 0.369 e. The third-order valence-electron chi connectivity index (χ3n) is 3.83. The van der Waals surface area contributed by atoms with Gasteiger partial charge in [0.05, 0.1) is 6.61 Å². The molecule has 0 unspecified atom stereocenters. The van der Waals surface area contributed by atoms with E-state index in [1.807, 2.05) is 11.3 Å². The summed E-state index contributed by atoms with van der Waals surface area (Å²) in [6.45, 7) is 11.1. The van der Waals surface area contributed by atoms with Gasteiger partial charge in [-0.05, 0) is 38.3 Å². The van der Waals surface area contributed by atoms with Gasteiger partial charge >= 0.3 is 0 Å². The highest BCUT2D eigenvalue weighted by Crippen LogP contribution is 2.34. The van der Waals surface area contributed by atoms with Gasteiger partial charge < -0.3 is 4.74 Å². The lowest BCUT2D eigenvalue weighted by Crippen LogP contribution is -2.36. The minimum absolute atomic E-state index is 0.163. The third kappa shape index (κ3) is 1.81. The molecule has 2 nitrogen and oxygen atoms in total. The maximum atomic E-state index is 5.48. The van der Waals surface area contributed by atoms with Crippen LogP contribution in [-0.4, -0.2) is 30.2 Å². The minimum Gasteiger partial charge on any atom is -0.369 e. The predicted octanol–water partition coefficient (Wildman–Crippen LogP) is 2.51. The van der Waals surface area contributed by atoms with Crippen molar-refractivity contribution in [2.24, 2.45) is 0 Å². The second kappa shape index (κ2) is 3.56. The summed E-state index contributed by atoms with van der Waals surface area (Å²) >= 11 is 1.99. The summed E-state index contributed by atoms with van der Waals surface area (Å²) in [6, 6.07) is 0. The molecule has 0 aliphatic carbocycles. The van der Waals surface area contributed by atoms with Crippen LogP contribution in [0.4, 0.5) is 0 Å². The van der Waals surface area contributed by atoms with Gasteiger partial charge in [-0.15, -0.1) is 11.3 Å². The Morgan fingerprint density at radius 3 is 2.88 bits per heavy atom. The van der Waals surface area contributed by atoms with Crippen molar-refractivity contribution in [1.82, 2.24) is 4.90 Å². The number of hydrogen-bond donors (Lipinski definition) is 0. The zero-order valence-electron chi connectivity index (χ0n) is 10.3. The normalized spacial score (nSPS) is 29.2. The number of fused-ring (bicyclic) bond motifs is 1. The van der Waals surface area contributed by atoms with E-state index in [4.69, 9.17) is 4.74 Å². The Morgan fingerprint density at radius 1 is 1.44 bits per heavy atom. The first-order chi connectivity index (χ1) is 7.57. The molecule has 1 atom stereocenters. The molecule has 2 aliphatic rings. The van der Waals surface area contributed by atoms with Crippen molar-refractivity contribution in [3.05, 3.63) is 20.9 Å². The quantitative estimate of drug-likeness (QED) is 0.735. The molecule has 1 saturated heterocycles. The Morgan fingerprint density at radius 2 is 2.19 bits per heavy atom. The highest BCUT2D eigenvalue weighted by atomic mass is 32.1. The van der Waals surface area contributed by atoms with Gasteiger partial charge in [-0.25, -0.2) is 0 Å². The summed E-state index contributed by atoms with van der Waals surface area (Å²) in [5, 5.41) is 0. The second-order valence-electron chi connectivity index (χ2n) is 5.38. The van der Waals surface area contributed by atoms with Crippen LogP contribution in [0.25, 0.3) is 0 Å². The van der Waals surface area contributed by atoms with Crippen LogP contribution in [0.15, 0.2) is 0 Å². The summed E-state index contributed by atoms with van der Waals surface area (Å²) in [7, 11) is 0. The molecule has 88 valence electrons. The molecule has 2 aliphatic heterocycles. The maximum Gasteiger partial charge on any atom is 0.101 e. The Balaban J connectivity index is 1.77. The summed E-state index contributed by atoms with van der Waals surface area (Å²) in [5.41, 5.74) is 3.28. The maximum absolute atomic E-state index is 5.48. The number of rotatable bonds is 2. The first-order valence-corrected chi connectivity index (χ1v) is 6.83. The van der Waals surface area contributed by atoms with Crippen LogP contribution in [0.5, 0.6) is 0 Å². The zero-order chi connectivity index (χ0) is 11.3. The summed E-state index contributed by atoms with van der Waals surface area (Å²) in [5.74, 6) is 0. The molecule has 3 heteroatoms. The Labute approximate surface area is 101 Å². The number of nitrogens with zero attached hydrogens (tertiary/aromatic N) is 1. The molecule has 0 saturated carbocycles. The van der Waals surface area contributed by atoms with Crippen molar-refractivity contribution in [3.8, 4) is 0 Å². The Kier molecular flexibility index (Phi) is 2.39. The molecule has 1 aromatic rings. The summed E-state index contributed by atoms with van der Waals surface area (Å²) in [6.07, 6.45) is 1.23. The van der Waals surface area contributed by atoms with Gasteiger partial charge in [0, 0.05) is 29.4 Å². The molecule has 3 rings (SSSR count). The van der Waals surface area contributed by atoms with Gasteiger partial charge in [0.2, 0.25) is 0 Å². The van der Waals surface area contributed by atoms with E-state index in [0.717, 1.165) is 19.7 Å². The van der Waals surface area contributed by atoms with Crippen LogP contribution in [0.2, 0.25) is 0 Å². The van der Waals surface area contributed by atoms with Gasteiger partial charge in [0.1, 0.15) is 5.60 Å². The smallest absolute Gasteiger partial charge is 0.101 e. The first-order valence-electron chi connectivity index (χ1n) is 6.01. The predicted molar refractivity (Wildman–Crippen MR) is 67.1 cm³/mol. The molecular weight excluding hydrogens is 218 g/mol. The number of epoxide rings is 1. The molecule has 0 N–H and O–H groups in total. The van der Waals surface area contributed by atoms with E-state index in [2.05, 4.69) is 25.7 Å². The van der Waals surface area contributed by atoms with E-state index in [1.54, 1.807) is 10.4 Å². The lowest BCUT2D eigenvalue weighted by atomic mass is 10.0. The van der Waals surface area contributed by atoms with Gasteiger partial charge in [-0.2, -0.15) is 0 Å². The molecule has 0 spiro atoms. The Hall–Kier alpha value is -0.380. The third-order valence-corrected chi connectivity index (χ3v) is 5.13. The van der Waals surface area contributed by atoms with Crippen molar-refractivity contribution in [2.75, 3.05) is 19.7 Å². The lowest BCUT2D eigenvalue weighted by Gasteiger charge is -2.28. The second-order valence-corrected chi connectivity index (χ2v) is 6.69. The van der Waals surface area contributed by atoms with Crippen molar-refractivity contribution in [1.29, 1.82) is 0 Å². The molecule has 1 fully saturated rings. The Bertz CT molecular complexity index is 420. The number of ether oxygens (including phenoxy) is 1. The van der Waals surface area contributed by atoms with Gasteiger partial charge in [-0.1, -0.05) is 0 Å². The molecule has 0 aromatic carbocycles. The molecule has 0 amide bonds. The van der Waals surface area contributed by atoms with Crippen LogP contribution in [0.3, 0.4) is 0 Å². The molecule has 16 heavy (non-hydrogen) atoms. The monoisotopic (exact) mass is 237 g/mol. The van der Waals surface area contributed by atoms with E-state index >= 15 is 0 Å². The molecular formula is C13H19NOS.